The number of carbonyl (C=O) groups is 2. The van der Waals surface area contributed by atoms with Crippen LogP contribution in [0.1, 0.15) is 53.7 Å². The monoisotopic (exact) mass is 465 g/mol. The molecule has 1 aliphatic rings. The molecular weight excluding hydrogens is 438 g/mol. The summed E-state index contributed by atoms with van der Waals surface area (Å²) in [5, 5.41) is 12.2. The maximum absolute atomic E-state index is 13.2. The second-order valence-electron chi connectivity index (χ2n) is 9.09. The summed E-state index contributed by atoms with van der Waals surface area (Å²) in [6.07, 6.45) is 3.89. The van der Waals surface area contributed by atoms with Crippen LogP contribution in [0.5, 0.6) is 0 Å². The third-order valence-corrected chi connectivity index (χ3v) is 6.53. The Balaban J connectivity index is 1.43. The number of hydrogen-bond donors (Lipinski definition) is 2. The van der Waals surface area contributed by atoms with Gasteiger partial charge in [-0.25, -0.2) is 9.97 Å². The number of hydrogen-bond acceptors (Lipinski definition) is 4. The molecule has 2 N–H and O–H groups in total. The zero-order valence-electron chi connectivity index (χ0n) is 19.4. The molecule has 1 heterocycles. The molecular formula is C29H27N3O3. The van der Waals surface area contributed by atoms with Crippen LogP contribution in [-0.2, 0) is 16.8 Å². The second-order valence-corrected chi connectivity index (χ2v) is 9.09. The van der Waals surface area contributed by atoms with Gasteiger partial charge in [0.1, 0.15) is 0 Å². The van der Waals surface area contributed by atoms with Gasteiger partial charge in [0.15, 0.2) is 0 Å². The van der Waals surface area contributed by atoms with E-state index < -0.39 is 5.97 Å². The molecule has 1 fully saturated rings. The number of fused-ring (bicyclic) bond motifs is 1. The third-order valence-electron chi connectivity index (χ3n) is 6.53. The van der Waals surface area contributed by atoms with Crippen LogP contribution in [0.3, 0.4) is 0 Å². The Morgan fingerprint density at radius 3 is 2.26 bits per heavy atom. The van der Waals surface area contributed by atoms with Crippen LogP contribution in [0.25, 0.3) is 22.3 Å². The largest absolute Gasteiger partial charge is 0.481 e. The molecule has 0 bridgehead atoms. The number of unbranched alkanes of at least 4 members (excludes halogenated alkanes) is 1. The fourth-order valence-electron chi connectivity index (χ4n) is 4.46. The van der Waals surface area contributed by atoms with Gasteiger partial charge in [0.2, 0.25) is 0 Å². The third kappa shape index (κ3) is 5.06. The summed E-state index contributed by atoms with van der Waals surface area (Å²) in [5.41, 5.74) is 5.36. The molecule has 0 spiro atoms. The molecule has 1 amide bonds. The van der Waals surface area contributed by atoms with Crippen molar-refractivity contribution in [2.45, 2.75) is 44.1 Å². The number of rotatable bonds is 9. The average Bonchev–Trinajstić information content (AvgIpc) is 3.67. The Bertz CT molecular complexity index is 1370. The lowest BCUT2D eigenvalue weighted by Gasteiger charge is -2.18. The van der Waals surface area contributed by atoms with Gasteiger partial charge in [-0.05, 0) is 55.9 Å². The van der Waals surface area contributed by atoms with Gasteiger partial charge in [-0.1, -0.05) is 60.7 Å². The number of aliphatic carboxylic acids is 1. The summed E-state index contributed by atoms with van der Waals surface area (Å²) in [5.74, 6) is -0.914. The Morgan fingerprint density at radius 1 is 0.857 bits per heavy atom. The lowest BCUT2D eigenvalue weighted by atomic mass is 10.0. The van der Waals surface area contributed by atoms with Crippen molar-refractivity contribution in [2.24, 2.45) is 0 Å². The maximum atomic E-state index is 13.2. The number of aromatic nitrogens is 2. The molecule has 0 radical (unpaired) electrons. The van der Waals surface area contributed by atoms with Crippen LogP contribution in [0.2, 0.25) is 0 Å². The molecule has 35 heavy (non-hydrogen) atoms. The summed E-state index contributed by atoms with van der Waals surface area (Å²) in [7, 11) is 0. The van der Waals surface area contributed by atoms with Crippen molar-refractivity contribution in [3.63, 3.8) is 0 Å². The molecule has 0 atom stereocenters. The van der Waals surface area contributed by atoms with Crippen LogP contribution in [-0.4, -0.2) is 27.0 Å². The van der Waals surface area contributed by atoms with Crippen molar-refractivity contribution in [1.29, 1.82) is 0 Å². The highest BCUT2D eigenvalue weighted by atomic mass is 16.4. The van der Waals surface area contributed by atoms with Crippen molar-refractivity contribution in [1.82, 2.24) is 15.3 Å². The van der Waals surface area contributed by atoms with Gasteiger partial charge < -0.3 is 10.4 Å². The topological polar surface area (TPSA) is 92.2 Å². The number of amides is 1. The quantitative estimate of drug-likeness (QED) is 0.318. The molecule has 6 heteroatoms. The number of carboxylic acid groups (broad SMARTS) is 1. The van der Waals surface area contributed by atoms with E-state index in [0.717, 1.165) is 40.9 Å². The maximum Gasteiger partial charge on any atom is 0.303 e. The molecule has 0 unspecified atom stereocenters. The molecule has 3 aromatic carbocycles. The van der Waals surface area contributed by atoms with Crippen molar-refractivity contribution < 1.29 is 14.7 Å². The van der Waals surface area contributed by atoms with Crippen molar-refractivity contribution in [3.05, 3.63) is 95.7 Å². The van der Waals surface area contributed by atoms with Gasteiger partial charge in [0.05, 0.1) is 28.0 Å². The predicted molar refractivity (Wildman–Crippen MR) is 135 cm³/mol. The highest BCUT2D eigenvalue weighted by Gasteiger charge is 2.45. The summed E-state index contributed by atoms with van der Waals surface area (Å²) >= 11 is 0. The minimum atomic E-state index is -0.794. The first-order valence-electron chi connectivity index (χ1n) is 12.0. The normalized spacial score (nSPS) is 13.9. The van der Waals surface area contributed by atoms with Crippen LogP contribution in [0, 0.1) is 0 Å². The van der Waals surface area contributed by atoms with E-state index in [9.17, 15) is 9.59 Å². The zero-order valence-corrected chi connectivity index (χ0v) is 19.4. The number of carboxylic acids is 1. The first-order chi connectivity index (χ1) is 17.0. The Kier molecular flexibility index (Phi) is 6.27. The highest BCUT2D eigenvalue weighted by molar-refractivity contribution is 5.98. The van der Waals surface area contributed by atoms with Crippen LogP contribution < -0.4 is 5.32 Å². The predicted octanol–water partition coefficient (Wildman–Crippen LogP) is 5.51. The van der Waals surface area contributed by atoms with Crippen molar-refractivity contribution in [2.75, 3.05) is 0 Å². The number of benzene rings is 3. The highest BCUT2D eigenvalue weighted by Crippen LogP contribution is 2.45. The SMILES string of the molecule is O=C(O)CCCCc1nc2cc(C(=O)NC3(c4ccccc4)CC3)ccc2nc1-c1ccccc1. The fraction of sp³-hybridized carbons (Fsp3) is 0.241. The summed E-state index contributed by atoms with van der Waals surface area (Å²) in [6, 6.07) is 25.4. The molecule has 4 aromatic rings. The smallest absolute Gasteiger partial charge is 0.303 e. The summed E-state index contributed by atoms with van der Waals surface area (Å²) < 4.78 is 0. The van der Waals surface area contributed by atoms with Crippen LogP contribution in [0.4, 0.5) is 0 Å². The molecule has 0 aliphatic heterocycles. The summed E-state index contributed by atoms with van der Waals surface area (Å²) in [4.78, 5) is 33.8. The second kappa shape index (κ2) is 9.66. The fourth-order valence-corrected chi connectivity index (χ4v) is 4.46. The van der Waals surface area contributed by atoms with E-state index in [2.05, 4.69) is 17.4 Å². The van der Waals surface area contributed by atoms with E-state index >= 15 is 0 Å². The first-order valence-corrected chi connectivity index (χ1v) is 12.0. The van der Waals surface area contributed by atoms with E-state index in [0.29, 0.717) is 30.3 Å². The van der Waals surface area contributed by atoms with Gasteiger partial charge >= 0.3 is 5.97 Å². The molecule has 5 rings (SSSR count). The minimum Gasteiger partial charge on any atom is -0.481 e. The molecule has 1 saturated carbocycles. The Hall–Kier alpha value is -4.06. The van der Waals surface area contributed by atoms with E-state index in [1.165, 1.54) is 0 Å². The molecule has 1 aliphatic carbocycles. The number of aryl methyl sites for hydroxylation is 1. The molecule has 0 saturated heterocycles. The summed E-state index contributed by atoms with van der Waals surface area (Å²) in [6.45, 7) is 0. The molecule has 176 valence electrons. The van der Waals surface area contributed by atoms with E-state index in [4.69, 9.17) is 15.1 Å². The van der Waals surface area contributed by atoms with Crippen LogP contribution >= 0.6 is 0 Å². The average molecular weight is 466 g/mol. The van der Waals surface area contributed by atoms with Gasteiger partial charge in [-0.3, -0.25) is 9.59 Å². The zero-order chi connectivity index (χ0) is 24.3. The Labute approximate surface area is 204 Å². The number of nitrogens with one attached hydrogen (secondary N) is 1. The van der Waals surface area contributed by atoms with Crippen LogP contribution in [0.15, 0.2) is 78.9 Å². The van der Waals surface area contributed by atoms with Gasteiger partial charge in [-0.15, -0.1) is 0 Å². The minimum absolute atomic E-state index is 0.120. The Morgan fingerprint density at radius 2 is 1.57 bits per heavy atom. The lowest BCUT2D eigenvalue weighted by Crippen LogP contribution is -2.34. The van der Waals surface area contributed by atoms with E-state index in [1.54, 1.807) is 12.1 Å². The molecule has 1 aromatic heterocycles. The first kappa shape index (κ1) is 22.7. The molecule has 6 nitrogen and oxygen atoms in total. The standard InChI is InChI=1S/C29H27N3O3/c33-26(34)14-8-7-13-24-27(20-9-3-1-4-10-20)31-23-16-15-21(19-25(23)30-24)28(35)32-29(17-18-29)22-11-5-2-6-12-22/h1-6,9-12,15-16,19H,7-8,13-14,17-18H2,(H,32,35)(H,33,34). The van der Waals surface area contributed by atoms with E-state index in [1.807, 2.05) is 54.6 Å². The van der Waals surface area contributed by atoms with E-state index in [-0.39, 0.29) is 17.9 Å². The number of nitrogens with zero attached hydrogens (tertiary/aromatic N) is 2. The number of carbonyl (C=O) groups excluding carboxylic acids is 1. The van der Waals surface area contributed by atoms with Crippen molar-refractivity contribution in [3.8, 4) is 11.3 Å². The van der Waals surface area contributed by atoms with Crippen molar-refractivity contribution >= 4 is 22.9 Å². The lowest BCUT2D eigenvalue weighted by molar-refractivity contribution is -0.137. The van der Waals surface area contributed by atoms with Gasteiger partial charge in [0.25, 0.3) is 5.91 Å². The van der Waals surface area contributed by atoms with Gasteiger partial charge in [0, 0.05) is 17.5 Å². The van der Waals surface area contributed by atoms with Gasteiger partial charge in [-0.2, -0.15) is 0 Å².